The van der Waals surface area contributed by atoms with Gasteiger partial charge in [-0.15, -0.1) is 11.8 Å². The molecule has 5 N–H and O–H groups in total. The molecule has 0 aliphatic heterocycles. The van der Waals surface area contributed by atoms with Gasteiger partial charge in [-0.3, -0.25) is 10.2 Å². The number of hydrogen-bond acceptors (Lipinski definition) is 6. The summed E-state index contributed by atoms with van der Waals surface area (Å²) in [5.41, 5.74) is 9.16. The van der Waals surface area contributed by atoms with Crippen molar-refractivity contribution in [1.29, 1.82) is 0 Å². The van der Waals surface area contributed by atoms with Crippen LogP contribution in [0.4, 0.5) is 5.69 Å². The van der Waals surface area contributed by atoms with Crippen LogP contribution < -0.4 is 21.7 Å². The maximum atomic E-state index is 11.5. The molecule has 0 atom stereocenters. The fourth-order valence-corrected chi connectivity index (χ4v) is 2.66. The number of anilines is 1. The Kier molecular flexibility index (Phi) is 4.54. The summed E-state index contributed by atoms with van der Waals surface area (Å²) in [6, 6.07) is 7.17. The second-order valence-corrected chi connectivity index (χ2v) is 4.96. The minimum absolute atomic E-state index is 0.217. The molecule has 1 aromatic heterocycles. The number of rotatable bonds is 5. The van der Waals surface area contributed by atoms with Crippen molar-refractivity contribution in [1.82, 2.24) is 5.43 Å². The molecule has 0 saturated carbocycles. The zero-order valence-corrected chi connectivity index (χ0v) is 11.7. The molecule has 7 heteroatoms. The summed E-state index contributed by atoms with van der Waals surface area (Å²) in [7, 11) is 1.59. The van der Waals surface area contributed by atoms with Crippen molar-refractivity contribution >= 4 is 23.4 Å². The lowest BCUT2D eigenvalue weighted by Crippen LogP contribution is -2.30. The van der Waals surface area contributed by atoms with Crippen LogP contribution in [-0.4, -0.2) is 13.0 Å². The molecule has 0 radical (unpaired) electrons. The van der Waals surface area contributed by atoms with Crippen molar-refractivity contribution in [2.24, 2.45) is 5.84 Å². The predicted molar refractivity (Wildman–Crippen MR) is 77.3 cm³/mol. The summed E-state index contributed by atoms with van der Waals surface area (Å²) in [5.74, 6) is 6.12. The summed E-state index contributed by atoms with van der Waals surface area (Å²) < 4.78 is 10.4. The van der Waals surface area contributed by atoms with E-state index in [0.717, 1.165) is 10.5 Å². The Labute approximate surface area is 120 Å². The highest BCUT2D eigenvalue weighted by Gasteiger charge is 2.15. The highest BCUT2D eigenvalue weighted by Crippen LogP contribution is 2.33. The van der Waals surface area contributed by atoms with E-state index in [1.54, 1.807) is 25.3 Å². The van der Waals surface area contributed by atoms with Crippen LogP contribution in [0.3, 0.4) is 0 Å². The third kappa shape index (κ3) is 3.06. The molecule has 2 rings (SSSR count). The number of thioether (sulfide) groups is 1. The number of hydrogen-bond donors (Lipinski definition) is 3. The predicted octanol–water partition coefficient (Wildman–Crippen LogP) is 1.77. The molecule has 6 nitrogen and oxygen atoms in total. The summed E-state index contributed by atoms with van der Waals surface area (Å²) in [6.45, 7) is 0. The van der Waals surface area contributed by atoms with Gasteiger partial charge in [-0.05, 0) is 18.2 Å². The molecular weight excluding hydrogens is 278 g/mol. The third-order valence-corrected chi connectivity index (χ3v) is 3.76. The zero-order chi connectivity index (χ0) is 14.5. The number of furan rings is 1. The number of benzene rings is 1. The van der Waals surface area contributed by atoms with E-state index >= 15 is 0 Å². The van der Waals surface area contributed by atoms with Gasteiger partial charge < -0.3 is 14.9 Å². The number of carbonyl (C=O) groups is 1. The molecule has 0 unspecified atom stereocenters. The maximum absolute atomic E-state index is 11.5. The Morgan fingerprint density at radius 1 is 1.45 bits per heavy atom. The van der Waals surface area contributed by atoms with Crippen molar-refractivity contribution in [3.8, 4) is 5.75 Å². The molecule has 0 aliphatic rings. The van der Waals surface area contributed by atoms with Gasteiger partial charge in [0.05, 0.1) is 13.4 Å². The Morgan fingerprint density at radius 3 is 2.95 bits per heavy atom. The number of nitrogens with two attached hydrogens (primary N) is 2. The van der Waals surface area contributed by atoms with Crippen molar-refractivity contribution < 1.29 is 13.9 Å². The van der Waals surface area contributed by atoms with E-state index < -0.39 is 5.91 Å². The zero-order valence-electron chi connectivity index (χ0n) is 10.9. The van der Waals surface area contributed by atoms with Gasteiger partial charge in [0.1, 0.15) is 5.75 Å². The first-order chi connectivity index (χ1) is 9.65. The van der Waals surface area contributed by atoms with Crippen LogP contribution in [0.5, 0.6) is 5.75 Å². The SMILES string of the molecule is COc1cc(N)ccc1SCc1ccoc1C(=O)NN. The monoisotopic (exact) mass is 293 g/mol. The number of carbonyl (C=O) groups excluding carboxylic acids is 1. The van der Waals surface area contributed by atoms with Gasteiger partial charge in [0, 0.05) is 28.0 Å². The highest BCUT2D eigenvalue weighted by molar-refractivity contribution is 7.98. The van der Waals surface area contributed by atoms with Crippen molar-refractivity contribution in [3.63, 3.8) is 0 Å². The summed E-state index contributed by atoms with van der Waals surface area (Å²) >= 11 is 1.52. The van der Waals surface area contributed by atoms with Crippen LogP contribution in [0, 0.1) is 0 Å². The fraction of sp³-hybridized carbons (Fsp3) is 0.154. The molecule has 0 spiro atoms. The average Bonchev–Trinajstić information content (AvgIpc) is 2.93. The first-order valence-electron chi connectivity index (χ1n) is 5.79. The molecule has 0 aliphatic carbocycles. The average molecular weight is 293 g/mol. The van der Waals surface area contributed by atoms with Crippen LogP contribution >= 0.6 is 11.8 Å². The summed E-state index contributed by atoms with van der Waals surface area (Å²) in [4.78, 5) is 12.4. The van der Waals surface area contributed by atoms with E-state index in [0.29, 0.717) is 17.2 Å². The standard InChI is InChI=1S/C13H15N3O3S/c1-18-10-6-9(14)2-3-11(10)20-7-8-4-5-19-12(8)13(17)16-15/h2-6H,7,14-15H2,1H3,(H,16,17). The largest absolute Gasteiger partial charge is 0.496 e. The maximum Gasteiger partial charge on any atom is 0.301 e. The van der Waals surface area contributed by atoms with Gasteiger partial charge in [-0.1, -0.05) is 0 Å². The Balaban J connectivity index is 2.13. The quantitative estimate of drug-likeness (QED) is 0.255. The second-order valence-electron chi connectivity index (χ2n) is 3.95. The summed E-state index contributed by atoms with van der Waals surface area (Å²) in [5, 5.41) is 0. The van der Waals surface area contributed by atoms with Crippen molar-refractivity contribution in [3.05, 3.63) is 41.9 Å². The lowest BCUT2D eigenvalue weighted by atomic mass is 10.3. The van der Waals surface area contributed by atoms with E-state index in [2.05, 4.69) is 5.43 Å². The Bertz CT molecular complexity index is 613. The molecule has 1 heterocycles. The number of ether oxygens (including phenoxy) is 1. The number of nitrogen functional groups attached to an aromatic ring is 2. The fourth-order valence-electron chi connectivity index (χ4n) is 1.67. The highest BCUT2D eigenvalue weighted by atomic mass is 32.2. The lowest BCUT2D eigenvalue weighted by molar-refractivity contribution is 0.0925. The smallest absolute Gasteiger partial charge is 0.301 e. The summed E-state index contributed by atoms with van der Waals surface area (Å²) in [6.07, 6.45) is 1.46. The first-order valence-corrected chi connectivity index (χ1v) is 6.78. The molecule has 20 heavy (non-hydrogen) atoms. The molecule has 0 saturated heterocycles. The number of nitrogens with one attached hydrogen (secondary N) is 1. The van der Waals surface area contributed by atoms with E-state index in [1.807, 2.05) is 6.07 Å². The van der Waals surface area contributed by atoms with Gasteiger partial charge in [0.15, 0.2) is 5.76 Å². The molecule has 2 aromatic rings. The Hall–Kier alpha value is -2.12. The van der Waals surface area contributed by atoms with Crippen LogP contribution in [-0.2, 0) is 5.75 Å². The van der Waals surface area contributed by atoms with Crippen LogP contribution in [0.25, 0.3) is 0 Å². The molecular formula is C13H15N3O3S. The van der Waals surface area contributed by atoms with Gasteiger partial charge in [-0.2, -0.15) is 0 Å². The molecule has 1 aromatic carbocycles. The lowest BCUT2D eigenvalue weighted by Gasteiger charge is -2.08. The first kappa shape index (κ1) is 14.3. The topological polar surface area (TPSA) is 104 Å². The Morgan fingerprint density at radius 2 is 2.25 bits per heavy atom. The van der Waals surface area contributed by atoms with Crippen LogP contribution in [0.1, 0.15) is 16.1 Å². The molecule has 0 fully saturated rings. The van der Waals surface area contributed by atoms with Crippen LogP contribution in [0.15, 0.2) is 39.8 Å². The minimum Gasteiger partial charge on any atom is -0.496 e. The van der Waals surface area contributed by atoms with Gasteiger partial charge >= 0.3 is 5.91 Å². The molecule has 1 amide bonds. The van der Waals surface area contributed by atoms with Crippen LogP contribution in [0.2, 0.25) is 0 Å². The van der Waals surface area contributed by atoms with E-state index in [-0.39, 0.29) is 5.76 Å². The number of amides is 1. The second kappa shape index (κ2) is 6.36. The van der Waals surface area contributed by atoms with Gasteiger partial charge in [0.2, 0.25) is 0 Å². The van der Waals surface area contributed by atoms with Gasteiger partial charge in [-0.25, -0.2) is 5.84 Å². The van der Waals surface area contributed by atoms with E-state index in [1.165, 1.54) is 18.0 Å². The third-order valence-electron chi connectivity index (χ3n) is 2.65. The van der Waals surface area contributed by atoms with E-state index in [4.69, 9.17) is 20.7 Å². The van der Waals surface area contributed by atoms with E-state index in [9.17, 15) is 4.79 Å². The molecule has 0 bridgehead atoms. The minimum atomic E-state index is -0.449. The number of hydrazine groups is 1. The van der Waals surface area contributed by atoms with Crippen molar-refractivity contribution in [2.75, 3.05) is 12.8 Å². The molecule has 106 valence electrons. The van der Waals surface area contributed by atoms with Gasteiger partial charge in [0.25, 0.3) is 0 Å². The number of methoxy groups -OCH3 is 1. The van der Waals surface area contributed by atoms with Crippen molar-refractivity contribution in [2.45, 2.75) is 10.6 Å². The normalized spacial score (nSPS) is 10.3.